The third kappa shape index (κ3) is 13.9. The molecular formula is C53H62F4N12O11. The van der Waals surface area contributed by atoms with Gasteiger partial charge in [-0.25, -0.2) is 14.4 Å². The summed E-state index contributed by atoms with van der Waals surface area (Å²) in [6.45, 7) is 8.38. The van der Waals surface area contributed by atoms with Crippen molar-refractivity contribution in [2.45, 2.75) is 63.8 Å². The van der Waals surface area contributed by atoms with Crippen LogP contribution in [-0.2, 0) is 39.6 Å². The van der Waals surface area contributed by atoms with Gasteiger partial charge in [0.25, 0.3) is 17.7 Å². The van der Waals surface area contributed by atoms with Gasteiger partial charge in [0.05, 0.1) is 73.3 Å². The standard InChI is InChI=1S/C53H62F4N12O11/c1-31-29-68(30-32(2)65(31)3)42-25-38(54)35(23-40(42)63-48(74)36-28-60-45(72)24-37(36)53(55,56)57)33-26-61-52(62-27-33)67-15-13-66(14-16-67)46(73)10-9-43(70)59-12-18-79-20-22-80-21-19-78-17-11-58-39-6-4-5-34-47(39)51(77)69(50(34)76)41-7-8-44(71)64-49(41)75/h4-6,23-28,31-32,41,58H,7-22,29-30H2,1-3H3,(H,59,70)(H,60,72)(H,63,74)(H,64,71,75)/t31-,32+,41?. The van der Waals surface area contributed by atoms with Crippen LogP contribution < -0.4 is 36.6 Å². The van der Waals surface area contributed by atoms with E-state index in [1.54, 1.807) is 17.0 Å². The number of aromatic amines is 1. The molecule has 3 saturated heterocycles. The van der Waals surface area contributed by atoms with Gasteiger partial charge < -0.3 is 49.8 Å². The number of halogens is 4. The second-order valence-electron chi connectivity index (χ2n) is 19.6. The number of benzene rings is 2. The summed E-state index contributed by atoms with van der Waals surface area (Å²) in [6.07, 6.45) is -1.46. The normalized spacial score (nSPS) is 18.8. The molecule has 5 N–H and O–H groups in total. The largest absolute Gasteiger partial charge is 0.417 e. The van der Waals surface area contributed by atoms with Crippen LogP contribution >= 0.6 is 0 Å². The second kappa shape index (κ2) is 25.9. The van der Waals surface area contributed by atoms with Crippen molar-refractivity contribution >= 4 is 64.4 Å². The number of nitrogens with one attached hydrogen (secondary N) is 5. The highest BCUT2D eigenvalue weighted by atomic mass is 19.4. The number of likely N-dealkylation sites (N-methyl/N-ethyl adjacent to an activating group) is 1. The van der Waals surface area contributed by atoms with E-state index in [0.29, 0.717) is 69.7 Å². The maximum absolute atomic E-state index is 16.1. The lowest BCUT2D eigenvalue weighted by Gasteiger charge is -2.44. The highest BCUT2D eigenvalue weighted by molar-refractivity contribution is 6.25. The average molecular weight is 1120 g/mol. The van der Waals surface area contributed by atoms with Crippen molar-refractivity contribution in [2.75, 3.05) is 119 Å². The van der Waals surface area contributed by atoms with Crippen molar-refractivity contribution in [1.29, 1.82) is 0 Å². The Balaban J connectivity index is 0.710. The molecule has 0 spiro atoms. The number of imide groups is 2. The summed E-state index contributed by atoms with van der Waals surface area (Å²) in [5, 5.41) is 10.6. The summed E-state index contributed by atoms with van der Waals surface area (Å²) < 4.78 is 74.7. The van der Waals surface area contributed by atoms with Crippen LogP contribution in [0.5, 0.6) is 0 Å². The molecule has 3 fully saturated rings. The Kier molecular flexibility index (Phi) is 18.9. The quantitative estimate of drug-likeness (QED) is 0.0430. The molecule has 3 atom stereocenters. The monoisotopic (exact) mass is 1120 g/mol. The van der Waals surface area contributed by atoms with E-state index in [4.69, 9.17) is 14.2 Å². The van der Waals surface area contributed by atoms with Crippen LogP contribution in [0.2, 0.25) is 0 Å². The zero-order chi connectivity index (χ0) is 57.3. The number of alkyl halides is 3. The number of H-pyrrole nitrogens is 1. The first-order chi connectivity index (χ1) is 38.3. The van der Waals surface area contributed by atoms with E-state index < -0.39 is 64.3 Å². The molecule has 27 heteroatoms. The molecule has 80 heavy (non-hydrogen) atoms. The molecule has 23 nitrogen and oxygen atoms in total. The second-order valence-corrected chi connectivity index (χ2v) is 19.6. The van der Waals surface area contributed by atoms with Crippen LogP contribution in [0, 0.1) is 5.82 Å². The predicted octanol–water partition coefficient (Wildman–Crippen LogP) is 2.88. The lowest BCUT2D eigenvalue weighted by molar-refractivity contribution is -0.138. The summed E-state index contributed by atoms with van der Waals surface area (Å²) in [5.74, 6) is -4.37. The molecule has 0 radical (unpaired) electrons. The molecular weight excluding hydrogens is 1060 g/mol. The molecule has 4 aliphatic rings. The Hall–Kier alpha value is -7.88. The molecule has 4 aromatic rings. The Morgan fingerprint density at radius 3 is 2.11 bits per heavy atom. The summed E-state index contributed by atoms with van der Waals surface area (Å²) >= 11 is 0. The zero-order valence-electron chi connectivity index (χ0n) is 44.3. The van der Waals surface area contributed by atoms with Crippen LogP contribution in [-0.4, -0.2) is 188 Å². The Labute approximate surface area is 456 Å². The van der Waals surface area contributed by atoms with Gasteiger partial charge in [0, 0.05) is 125 Å². The number of nitrogens with zero attached hydrogens (tertiary/aromatic N) is 7. The number of amides is 7. The van der Waals surface area contributed by atoms with Gasteiger partial charge in [0.15, 0.2) is 0 Å². The first-order valence-corrected chi connectivity index (χ1v) is 26.1. The highest BCUT2D eigenvalue weighted by Gasteiger charge is 2.46. The van der Waals surface area contributed by atoms with Crippen molar-refractivity contribution in [1.82, 2.24) is 40.3 Å². The number of pyridine rings is 1. The van der Waals surface area contributed by atoms with Gasteiger partial charge in [-0.05, 0) is 51.6 Å². The van der Waals surface area contributed by atoms with E-state index in [2.05, 4.69) is 41.1 Å². The van der Waals surface area contributed by atoms with Gasteiger partial charge in [-0.1, -0.05) is 6.07 Å². The van der Waals surface area contributed by atoms with E-state index in [-0.39, 0.29) is 129 Å². The number of anilines is 4. The van der Waals surface area contributed by atoms with E-state index in [1.165, 1.54) is 30.6 Å². The number of piperazine rings is 2. The van der Waals surface area contributed by atoms with E-state index in [0.717, 1.165) is 4.90 Å². The minimum atomic E-state index is -5.01. The number of hydrogen-bond acceptors (Lipinski definition) is 17. The van der Waals surface area contributed by atoms with Crippen molar-refractivity contribution in [3.63, 3.8) is 0 Å². The minimum absolute atomic E-state index is 0.00198. The first-order valence-electron chi connectivity index (χ1n) is 26.1. The fraction of sp³-hybridized carbons (Fsp3) is 0.472. The van der Waals surface area contributed by atoms with Crippen LogP contribution in [0.25, 0.3) is 11.1 Å². The number of rotatable bonds is 22. The van der Waals surface area contributed by atoms with E-state index >= 15 is 4.39 Å². The van der Waals surface area contributed by atoms with Crippen LogP contribution in [0.3, 0.4) is 0 Å². The van der Waals surface area contributed by atoms with Crippen LogP contribution in [0.1, 0.15) is 76.2 Å². The molecule has 1 unspecified atom stereocenters. The van der Waals surface area contributed by atoms with Gasteiger partial charge in [0.2, 0.25) is 35.1 Å². The van der Waals surface area contributed by atoms with Gasteiger partial charge in [-0.2, -0.15) is 13.2 Å². The summed E-state index contributed by atoms with van der Waals surface area (Å²) in [7, 11) is 1.95. The highest BCUT2D eigenvalue weighted by Crippen LogP contribution is 2.38. The molecule has 2 aromatic carbocycles. The molecule has 2 aromatic heterocycles. The number of fused-ring (bicyclic) bond motifs is 1. The summed E-state index contributed by atoms with van der Waals surface area (Å²) in [6, 6.07) is 6.63. The molecule has 8 rings (SSSR count). The molecule has 6 heterocycles. The number of hydrogen-bond donors (Lipinski definition) is 5. The number of piperidine rings is 1. The fourth-order valence-electron chi connectivity index (χ4n) is 9.80. The number of carbonyl (C=O) groups excluding carboxylic acids is 7. The molecule has 7 amide bonds. The van der Waals surface area contributed by atoms with Gasteiger partial charge in [0.1, 0.15) is 11.9 Å². The van der Waals surface area contributed by atoms with Gasteiger partial charge in [-0.15, -0.1) is 0 Å². The lowest BCUT2D eigenvalue weighted by atomic mass is 10.0. The number of carbonyl (C=O) groups is 7. The maximum atomic E-state index is 16.1. The van der Waals surface area contributed by atoms with Crippen molar-refractivity contribution in [2.24, 2.45) is 0 Å². The van der Waals surface area contributed by atoms with Crippen molar-refractivity contribution < 1.29 is 65.3 Å². The van der Waals surface area contributed by atoms with Gasteiger partial charge in [-0.3, -0.25) is 53.5 Å². The smallest absolute Gasteiger partial charge is 0.382 e. The molecule has 428 valence electrons. The predicted molar refractivity (Wildman–Crippen MR) is 281 cm³/mol. The SMILES string of the molecule is C[C@@H]1CN(c2cc(F)c(-c3cnc(N4CCN(C(=O)CCC(=O)NCCOCCOCCOCCNc5cccc6c5C(=O)N(C5CCC(=O)NC5=O)C6=O)CC4)nc3)cc2NC(=O)c2c[nH]c(=O)cc2C(F)(F)F)C[C@H](C)N1C. The lowest BCUT2D eigenvalue weighted by Crippen LogP contribution is -2.55. The van der Waals surface area contributed by atoms with Crippen LogP contribution in [0.4, 0.5) is 40.6 Å². The third-order valence-electron chi connectivity index (χ3n) is 14.3. The fourth-order valence-corrected chi connectivity index (χ4v) is 9.80. The Morgan fingerprint density at radius 1 is 0.787 bits per heavy atom. The average Bonchev–Trinajstić information content (AvgIpc) is 3.69. The molecule has 0 saturated carbocycles. The molecule has 0 aliphatic carbocycles. The Morgan fingerprint density at radius 2 is 1.45 bits per heavy atom. The van der Waals surface area contributed by atoms with Crippen LogP contribution in [0.15, 0.2) is 59.8 Å². The summed E-state index contributed by atoms with van der Waals surface area (Å²) in [4.78, 5) is 121. The van der Waals surface area contributed by atoms with Crippen molar-refractivity contribution in [3.05, 3.63) is 93.4 Å². The first kappa shape index (κ1) is 58.3. The number of aromatic nitrogens is 3. The summed E-state index contributed by atoms with van der Waals surface area (Å²) in [5.41, 5.74) is -2.02. The maximum Gasteiger partial charge on any atom is 0.417 e. The third-order valence-corrected chi connectivity index (χ3v) is 14.3. The Bertz CT molecular complexity index is 3020. The minimum Gasteiger partial charge on any atom is -0.382 e. The van der Waals surface area contributed by atoms with Gasteiger partial charge >= 0.3 is 6.18 Å². The number of ether oxygens (including phenoxy) is 3. The topological polar surface area (TPSA) is 270 Å². The van der Waals surface area contributed by atoms with E-state index in [9.17, 15) is 51.5 Å². The molecule has 4 aliphatic heterocycles. The molecule has 0 bridgehead atoms. The van der Waals surface area contributed by atoms with Crippen molar-refractivity contribution in [3.8, 4) is 11.1 Å². The zero-order valence-corrected chi connectivity index (χ0v) is 44.3. The van der Waals surface area contributed by atoms with E-state index in [1.807, 2.05) is 30.7 Å².